The van der Waals surface area contributed by atoms with Crippen molar-refractivity contribution in [2.75, 3.05) is 18.2 Å². The van der Waals surface area contributed by atoms with E-state index in [0.717, 1.165) is 50.2 Å². The number of thiophene rings is 1. The zero-order valence-electron chi connectivity index (χ0n) is 39.0. The number of hydrogen-bond donors (Lipinski definition) is 4. The first kappa shape index (κ1) is 57.2. The first-order valence-electron chi connectivity index (χ1n) is 20.0. The summed E-state index contributed by atoms with van der Waals surface area (Å²) < 4.78 is 41.4. The number of nitrogens with one attached hydrogen (secondary N) is 2. The Morgan fingerprint density at radius 3 is 1.84 bits per heavy atom. The van der Waals surface area contributed by atoms with Gasteiger partial charge >= 0.3 is 11.4 Å². The molecule has 368 valence electrons. The number of hydrogen-bond acceptors (Lipinski definition) is 16. The first-order chi connectivity index (χ1) is 31.2. The maximum absolute atomic E-state index is 10.5. The maximum atomic E-state index is 10.5. The molecule has 6 heterocycles. The number of H-pyrrole nitrogens is 1. The van der Waals surface area contributed by atoms with Gasteiger partial charge in [-0.2, -0.15) is 28.8 Å². The fourth-order valence-electron chi connectivity index (χ4n) is 5.44. The minimum absolute atomic E-state index is 0. The van der Waals surface area contributed by atoms with E-state index in [1.165, 1.54) is 35.6 Å². The Labute approximate surface area is 411 Å². The van der Waals surface area contributed by atoms with E-state index in [0.29, 0.717) is 18.0 Å². The van der Waals surface area contributed by atoms with Gasteiger partial charge in [0, 0.05) is 66.9 Å². The molecule has 6 aromatic heterocycles. The van der Waals surface area contributed by atoms with Crippen LogP contribution < -0.4 is 15.8 Å². The Balaban J connectivity index is 0.000000323. The van der Waals surface area contributed by atoms with Crippen molar-refractivity contribution in [3.05, 3.63) is 142 Å². The number of nitrogens with zero attached hydrogens (tertiary/aromatic N) is 11. The van der Waals surface area contributed by atoms with Crippen LogP contribution in [0.5, 0.6) is 5.75 Å². The Kier molecular flexibility index (Phi) is 22.2. The Morgan fingerprint density at radius 1 is 0.809 bits per heavy atom. The van der Waals surface area contributed by atoms with E-state index < -0.39 is 20.0 Å². The average Bonchev–Trinajstić information content (AvgIpc) is 4.12. The smallest absolute Gasteiger partial charge is 0.307 e. The van der Waals surface area contributed by atoms with E-state index in [-0.39, 0.29) is 50.2 Å². The third-order valence-corrected chi connectivity index (χ3v) is 10.8. The van der Waals surface area contributed by atoms with Gasteiger partial charge < -0.3 is 23.2 Å². The van der Waals surface area contributed by atoms with Crippen molar-refractivity contribution in [1.82, 2.24) is 49.5 Å². The number of aryl methyl sites for hydroxylation is 2. The van der Waals surface area contributed by atoms with Crippen LogP contribution in [-0.2, 0) is 30.5 Å². The molecule has 0 amide bonds. The van der Waals surface area contributed by atoms with Crippen molar-refractivity contribution in [2.24, 2.45) is 0 Å². The summed E-state index contributed by atoms with van der Waals surface area (Å²) in [5.41, 5.74) is 11.1. The topological polar surface area (TPSA) is 296 Å². The summed E-state index contributed by atoms with van der Waals surface area (Å²) in [6.07, 6.45) is 14.1. The Hall–Kier alpha value is -6.91. The molecule has 0 saturated heterocycles. The number of nitrogens with two attached hydrogens (primary N) is 1. The van der Waals surface area contributed by atoms with Crippen molar-refractivity contribution < 1.29 is 48.0 Å². The summed E-state index contributed by atoms with van der Waals surface area (Å²) in [6, 6.07) is 14.9. The number of nitrogen functional groups attached to an aromatic ring is 1. The van der Waals surface area contributed by atoms with Gasteiger partial charge in [-0.05, 0) is 73.6 Å². The SMILES string of the molecule is CC(C)n1cc(N)cn1.CC(C)n1cc([N+](=O)[O-])cn1.COc1ccccc1-c1c(C)sc2cnc(Nc3cnn(C(C)C)c3)nc12.Cc1ccc(S(=O)(=O)O)cc1.O=[N+]([O-])c1cn[nH]c1.[CH3-].[Pd]. The van der Waals surface area contributed by atoms with Crippen molar-refractivity contribution in [1.29, 1.82) is 0 Å². The zero-order valence-corrected chi connectivity index (χ0v) is 42.2. The molecule has 0 spiro atoms. The molecule has 25 heteroatoms. The number of fused-ring (bicyclic) bond motifs is 1. The number of benzene rings is 2. The number of nitro groups is 2. The molecule has 68 heavy (non-hydrogen) atoms. The molecule has 8 aromatic rings. The van der Waals surface area contributed by atoms with Crippen LogP contribution in [0.2, 0.25) is 0 Å². The summed E-state index contributed by atoms with van der Waals surface area (Å²) in [4.78, 5) is 29.4. The second-order valence-electron chi connectivity index (χ2n) is 14.9. The van der Waals surface area contributed by atoms with Crippen LogP contribution in [0.15, 0.2) is 109 Å². The van der Waals surface area contributed by atoms with Crippen LogP contribution >= 0.6 is 11.3 Å². The Bertz CT molecular complexity index is 2910. The number of rotatable bonds is 10. The van der Waals surface area contributed by atoms with Crippen LogP contribution in [0.3, 0.4) is 0 Å². The normalized spacial score (nSPS) is 10.5. The number of aromatic amines is 1. The summed E-state index contributed by atoms with van der Waals surface area (Å²) in [5.74, 6) is 1.39. The average molecular weight is 1070 g/mol. The number of ether oxygens (including phenoxy) is 1. The van der Waals surface area contributed by atoms with Gasteiger partial charge in [0.1, 0.15) is 24.3 Å². The minimum Gasteiger partial charge on any atom is -0.496 e. The predicted octanol–water partition coefficient (Wildman–Crippen LogP) is 9.62. The van der Waals surface area contributed by atoms with Crippen molar-refractivity contribution in [3.8, 4) is 16.9 Å². The molecule has 5 N–H and O–H groups in total. The van der Waals surface area contributed by atoms with Gasteiger partial charge in [-0.3, -0.25) is 43.9 Å². The minimum atomic E-state index is -4.02. The molecule has 0 aliphatic heterocycles. The second kappa shape index (κ2) is 26.4. The van der Waals surface area contributed by atoms with Gasteiger partial charge in [-0.1, -0.05) is 35.9 Å². The quantitative estimate of drug-likeness (QED) is 0.0326. The van der Waals surface area contributed by atoms with Gasteiger partial charge in [0.2, 0.25) is 5.95 Å². The maximum Gasteiger partial charge on any atom is 0.307 e. The molecule has 8 rings (SSSR count). The van der Waals surface area contributed by atoms with Crippen LogP contribution in [0.4, 0.5) is 28.7 Å². The summed E-state index contributed by atoms with van der Waals surface area (Å²) >= 11 is 1.69. The van der Waals surface area contributed by atoms with Gasteiger partial charge in [-0.25, -0.2) is 9.97 Å². The van der Waals surface area contributed by atoms with E-state index in [1.807, 2.05) is 66.9 Å². The Morgan fingerprint density at radius 2 is 1.38 bits per heavy atom. The number of anilines is 3. The standard InChI is InChI=1S/C20H21N5OS.C7H8O3S.C6H9N3O2.C6H11N3.C3H3N3O2.CH3.Pd/c1-12(2)25-11-14(9-22-25)23-20-21-10-17-19(24-20)18(13(3)27-17)15-7-5-6-8-16(15)26-4;1-6-2-4-7(5-3-6)11(8,9)10;1-5(2)8-4-6(3-7-8)9(10)11;1-5(2)9-4-6(7)3-8-9;7-6(8)3-1-4-5-2-3;;/h5-12H,1-4H3,(H,21,23,24);2-5H,1H3,(H,8,9,10);3-5H,1-2H3;3-5H,7H2,1-2H3;1-2H,(H,4,5);1H3;/q;;;;;-1;. The molecule has 2 aromatic carbocycles. The van der Waals surface area contributed by atoms with Gasteiger partial charge in [-0.15, -0.1) is 11.3 Å². The molecule has 0 atom stereocenters. The fourth-order valence-corrected chi connectivity index (χ4v) is 6.91. The van der Waals surface area contributed by atoms with Crippen LogP contribution in [-0.4, -0.2) is 79.4 Å². The predicted molar refractivity (Wildman–Crippen MR) is 259 cm³/mol. The third kappa shape index (κ3) is 16.8. The fraction of sp³-hybridized carbons (Fsp3) is 0.279. The molecule has 22 nitrogen and oxygen atoms in total. The van der Waals surface area contributed by atoms with Crippen LogP contribution in [0.1, 0.15) is 70.1 Å². The number of para-hydroxylation sites is 1. The van der Waals surface area contributed by atoms with Crippen molar-refractivity contribution in [3.63, 3.8) is 0 Å². The molecule has 0 radical (unpaired) electrons. The number of methoxy groups -OCH3 is 1. The third-order valence-electron chi connectivity index (χ3n) is 8.86. The van der Waals surface area contributed by atoms with E-state index in [9.17, 15) is 28.6 Å². The molecule has 0 bridgehead atoms. The molecule has 0 saturated carbocycles. The molecule has 0 fully saturated rings. The molecule has 0 unspecified atom stereocenters. The van der Waals surface area contributed by atoms with Crippen LogP contribution in [0.25, 0.3) is 21.3 Å². The van der Waals surface area contributed by atoms with E-state index in [4.69, 9.17) is 20.0 Å². The molecule has 0 aliphatic carbocycles. The molecular weight excluding hydrogens is 1010 g/mol. The largest absolute Gasteiger partial charge is 0.496 e. The van der Waals surface area contributed by atoms with E-state index in [1.54, 1.807) is 47.7 Å². The monoisotopic (exact) mass is 1070 g/mol. The van der Waals surface area contributed by atoms with E-state index >= 15 is 0 Å². The summed E-state index contributed by atoms with van der Waals surface area (Å²) in [7, 11) is -2.33. The molecule has 0 aliphatic rings. The first-order valence-corrected chi connectivity index (χ1v) is 22.3. The second-order valence-corrected chi connectivity index (χ2v) is 17.6. The van der Waals surface area contributed by atoms with Gasteiger partial charge in [0.15, 0.2) is 0 Å². The van der Waals surface area contributed by atoms with Gasteiger partial charge in [0.05, 0.1) is 68.2 Å². The summed E-state index contributed by atoms with van der Waals surface area (Å²) in [6.45, 7) is 16.1. The van der Waals surface area contributed by atoms with E-state index in [2.05, 4.69) is 76.5 Å². The zero-order chi connectivity index (χ0) is 48.7. The van der Waals surface area contributed by atoms with Crippen LogP contribution in [0, 0.1) is 41.5 Å². The van der Waals surface area contributed by atoms with Crippen molar-refractivity contribution in [2.45, 2.75) is 78.4 Å². The van der Waals surface area contributed by atoms with Crippen molar-refractivity contribution >= 4 is 60.4 Å². The molecular formula is C43H55N14O8PdS2-. The number of aromatic nitrogens is 10. The van der Waals surface area contributed by atoms with Gasteiger partial charge in [0.25, 0.3) is 10.1 Å². The summed E-state index contributed by atoms with van der Waals surface area (Å²) in [5, 5.41) is 41.1.